The number of nitrogens with one attached hydrogen (secondary N) is 1. The first-order valence-corrected chi connectivity index (χ1v) is 5.82. The highest BCUT2D eigenvalue weighted by Crippen LogP contribution is 2.28. The van der Waals surface area contributed by atoms with Gasteiger partial charge in [-0.2, -0.15) is 0 Å². The molecular formula is C14H12F4N2. The van der Waals surface area contributed by atoms with Crippen LogP contribution in [0.25, 0.3) is 0 Å². The fourth-order valence-corrected chi connectivity index (χ4v) is 2.00. The van der Waals surface area contributed by atoms with E-state index in [1.807, 2.05) is 0 Å². The second-order valence-electron chi connectivity index (χ2n) is 4.34. The van der Waals surface area contributed by atoms with Gasteiger partial charge in [-0.05, 0) is 18.6 Å². The molecule has 0 aliphatic heterocycles. The Kier molecular flexibility index (Phi) is 4.06. The molecule has 0 aromatic heterocycles. The predicted octanol–water partition coefficient (Wildman–Crippen LogP) is 3.10. The van der Waals surface area contributed by atoms with Gasteiger partial charge in [0.05, 0.1) is 6.04 Å². The van der Waals surface area contributed by atoms with E-state index in [0.29, 0.717) is 5.56 Å². The highest BCUT2D eigenvalue weighted by atomic mass is 19.2. The molecule has 0 saturated heterocycles. The normalized spacial score (nSPS) is 12.5. The summed E-state index contributed by atoms with van der Waals surface area (Å²) in [5.74, 6) is 0.407. The van der Waals surface area contributed by atoms with Crippen molar-refractivity contribution < 1.29 is 17.6 Å². The first kappa shape index (κ1) is 14.5. The van der Waals surface area contributed by atoms with E-state index in [1.54, 1.807) is 6.07 Å². The van der Waals surface area contributed by atoms with Crippen molar-refractivity contribution in [3.8, 4) is 0 Å². The van der Waals surface area contributed by atoms with Crippen LogP contribution < -0.4 is 11.3 Å². The zero-order chi connectivity index (χ0) is 14.9. The van der Waals surface area contributed by atoms with E-state index in [1.165, 1.54) is 19.1 Å². The smallest absolute Gasteiger partial charge is 0.194 e. The van der Waals surface area contributed by atoms with Crippen LogP contribution in [0.3, 0.4) is 0 Å². The summed E-state index contributed by atoms with van der Waals surface area (Å²) in [4.78, 5) is 0. The van der Waals surface area contributed by atoms with Crippen LogP contribution >= 0.6 is 0 Å². The van der Waals surface area contributed by atoms with Crippen LogP contribution in [0.1, 0.15) is 22.7 Å². The average molecular weight is 284 g/mol. The van der Waals surface area contributed by atoms with Crippen LogP contribution in [0.2, 0.25) is 0 Å². The molecule has 3 N–H and O–H groups in total. The number of rotatable bonds is 3. The summed E-state index contributed by atoms with van der Waals surface area (Å²) in [6.45, 7) is 1.54. The number of aryl methyl sites for hydroxylation is 1. The number of benzene rings is 2. The Morgan fingerprint density at radius 2 is 1.55 bits per heavy atom. The molecular weight excluding hydrogens is 272 g/mol. The van der Waals surface area contributed by atoms with Gasteiger partial charge >= 0.3 is 0 Å². The molecule has 0 amide bonds. The quantitative estimate of drug-likeness (QED) is 0.393. The minimum absolute atomic E-state index is 0.0532. The van der Waals surface area contributed by atoms with Crippen molar-refractivity contribution in [2.24, 2.45) is 5.84 Å². The van der Waals surface area contributed by atoms with Crippen LogP contribution in [0, 0.1) is 30.2 Å². The molecule has 2 aromatic carbocycles. The van der Waals surface area contributed by atoms with E-state index in [2.05, 4.69) is 5.43 Å². The summed E-state index contributed by atoms with van der Waals surface area (Å²) in [5, 5.41) is 0. The lowest BCUT2D eigenvalue weighted by atomic mass is 9.96. The monoisotopic (exact) mass is 284 g/mol. The topological polar surface area (TPSA) is 38.0 Å². The zero-order valence-electron chi connectivity index (χ0n) is 10.6. The van der Waals surface area contributed by atoms with Gasteiger partial charge in [0.1, 0.15) is 5.82 Å². The Morgan fingerprint density at radius 1 is 0.900 bits per heavy atom. The van der Waals surface area contributed by atoms with Gasteiger partial charge in [-0.3, -0.25) is 5.84 Å². The van der Waals surface area contributed by atoms with Crippen molar-refractivity contribution in [1.29, 1.82) is 0 Å². The van der Waals surface area contributed by atoms with Gasteiger partial charge in [0.25, 0.3) is 0 Å². The SMILES string of the molecule is Cc1cccc(C(NN)c2ccc(F)c(F)c2F)c1F. The van der Waals surface area contributed by atoms with Gasteiger partial charge in [0.15, 0.2) is 17.5 Å². The number of halogens is 4. The number of nitrogens with two attached hydrogens (primary N) is 1. The van der Waals surface area contributed by atoms with E-state index in [9.17, 15) is 17.6 Å². The minimum atomic E-state index is -1.61. The molecule has 0 heterocycles. The summed E-state index contributed by atoms with van der Waals surface area (Å²) in [6, 6.07) is 5.17. The fourth-order valence-electron chi connectivity index (χ4n) is 2.00. The van der Waals surface area contributed by atoms with Gasteiger partial charge in [-0.1, -0.05) is 24.3 Å². The van der Waals surface area contributed by atoms with E-state index >= 15 is 0 Å². The van der Waals surface area contributed by atoms with Crippen molar-refractivity contribution in [2.45, 2.75) is 13.0 Å². The Labute approximate surface area is 113 Å². The summed E-state index contributed by atoms with van der Waals surface area (Å²) in [5.41, 5.74) is 2.35. The van der Waals surface area contributed by atoms with Crippen LogP contribution in [0.15, 0.2) is 30.3 Å². The highest BCUT2D eigenvalue weighted by Gasteiger charge is 2.24. The van der Waals surface area contributed by atoms with Crippen LogP contribution in [0.5, 0.6) is 0 Å². The van der Waals surface area contributed by atoms with E-state index < -0.39 is 29.3 Å². The Bertz CT molecular complexity index is 643. The van der Waals surface area contributed by atoms with Crippen molar-refractivity contribution >= 4 is 0 Å². The fraction of sp³-hybridized carbons (Fsp3) is 0.143. The molecule has 1 atom stereocenters. The van der Waals surface area contributed by atoms with Crippen LogP contribution in [-0.2, 0) is 0 Å². The molecule has 2 aromatic rings. The standard InChI is InChI=1S/C14H12F4N2/c1-7-3-2-4-8(11(7)16)14(20-19)9-5-6-10(15)13(18)12(9)17/h2-6,14,20H,19H2,1H3. The average Bonchev–Trinajstić information content (AvgIpc) is 2.44. The van der Waals surface area contributed by atoms with Gasteiger partial charge in [0, 0.05) is 11.1 Å². The van der Waals surface area contributed by atoms with Crippen LogP contribution in [-0.4, -0.2) is 0 Å². The summed E-state index contributed by atoms with van der Waals surface area (Å²) < 4.78 is 54.0. The molecule has 0 aliphatic rings. The molecule has 0 radical (unpaired) electrons. The largest absolute Gasteiger partial charge is 0.271 e. The highest BCUT2D eigenvalue weighted by molar-refractivity contribution is 5.36. The van der Waals surface area contributed by atoms with Crippen molar-refractivity contribution in [1.82, 2.24) is 5.43 Å². The second kappa shape index (κ2) is 5.60. The zero-order valence-corrected chi connectivity index (χ0v) is 10.6. The third kappa shape index (κ3) is 2.39. The van der Waals surface area contributed by atoms with Gasteiger partial charge in [0.2, 0.25) is 0 Å². The molecule has 2 rings (SSSR count). The first-order chi connectivity index (χ1) is 9.47. The molecule has 0 fully saturated rings. The van der Waals surface area contributed by atoms with E-state index in [4.69, 9.17) is 5.84 Å². The second-order valence-corrected chi connectivity index (χ2v) is 4.34. The van der Waals surface area contributed by atoms with Crippen LogP contribution in [0.4, 0.5) is 17.6 Å². The summed E-state index contributed by atoms with van der Waals surface area (Å²) in [7, 11) is 0. The molecule has 0 saturated carbocycles. The molecule has 1 unspecified atom stereocenters. The molecule has 2 nitrogen and oxygen atoms in total. The van der Waals surface area contributed by atoms with Gasteiger partial charge < -0.3 is 0 Å². The lowest BCUT2D eigenvalue weighted by molar-refractivity contribution is 0.431. The number of hydrogen-bond donors (Lipinski definition) is 2. The molecule has 0 aliphatic carbocycles. The first-order valence-electron chi connectivity index (χ1n) is 5.82. The maximum Gasteiger partial charge on any atom is 0.194 e. The van der Waals surface area contributed by atoms with Gasteiger partial charge in [-0.25, -0.2) is 23.0 Å². The van der Waals surface area contributed by atoms with Gasteiger partial charge in [-0.15, -0.1) is 0 Å². The Balaban J connectivity index is 2.59. The number of hydrazine groups is 1. The van der Waals surface area contributed by atoms with E-state index in [-0.39, 0.29) is 11.1 Å². The van der Waals surface area contributed by atoms with Crippen molar-refractivity contribution in [3.63, 3.8) is 0 Å². The van der Waals surface area contributed by atoms with E-state index in [0.717, 1.165) is 12.1 Å². The molecule has 6 heteroatoms. The predicted molar refractivity (Wildman–Crippen MR) is 66.6 cm³/mol. The molecule has 20 heavy (non-hydrogen) atoms. The summed E-state index contributed by atoms with van der Waals surface area (Å²) in [6.07, 6.45) is 0. The lowest BCUT2D eigenvalue weighted by Crippen LogP contribution is -2.30. The molecule has 0 spiro atoms. The Morgan fingerprint density at radius 3 is 2.20 bits per heavy atom. The molecule has 0 bridgehead atoms. The third-order valence-electron chi connectivity index (χ3n) is 3.08. The summed E-state index contributed by atoms with van der Waals surface area (Å²) >= 11 is 0. The maximum atomic E-state index is 14.1. The third-order valence-corrected chi connectivity index (χ3v) is 3.08. The maximum absolute atomic E-state index is 14.1. The van der Waals surface area contributed by atoms with Crippen molar-refractivity contribution in [2.75, 3.05) is 0 Å². The minimum Gasteiger partial charge on any atom is -0.271 e. The lowest BCUT2D eigenvalue weighted by Gasteiger charge is -2.19. The molecule has 106 valence electrons. The Hall–Kier alpha value is -1.92. The number of hydrogen-bond acceptors (Lipinski definition) is 2. The van der Waals surface area contributed by atoms with Crippen molar-refractivity contribution in [3.05, 3.63) is 70.3 Å².